The van der Waals surface area contributed by atoms with Crippen molar-refractivity contribution in [2.45, 2.75) is 32.2 Å². The van der Waals surface area contributed by atoms with Crippen LogP contribution in [0.4, 0.5) is 4.79 Å². The number of carboxylic acids is 1. The van der Waals surface area contributed by atoms with Crippen LogP contribution in [0.1, 0.15) is 35.1 Å². The topological polar surface area (TPSA) is 84.9 Å². The Labute approximate surface area is 193 Å². The van der Waals surface area contributed by atoms with Crippen molar-refractivity contribution in [1.29, 1.82) is 0 Å². The van der Waals surface area contributed by atoms with Gasteiger partial charge in [-0.05, 0) is 59.4 Å². The average Bonchev–Trinajstić information content (AvgIpc) is 3.13. The monoisotopic (exact) mass is 445 g/mol. The summed E-state index contributed by atoms with van der Waals surface area (Å²) in [6, 6.07) is 20.5. The molecular formula is C27H27NO5. The van der Waals surface area contributed by atoms with Gasteiger partial charge in [-0.1, -0.05) is 54.6 Å². The van der Waals surface area contributed by atoms with E-state index in [-0.39, 0.29) is 18.9 Å². The number of carbonyl (C=O) groups is 2. The first-order chi connectivity index (χ1) is 16.0. The van der Waals surface area contributed by atoms with Gasteiger partial charge < -0.3 is 19.9 Å². The first kappa shape index (κ1) is 22.4. The van der Waals surface area contributed by atoms with E-state index >= 15 is 0 Å². The highest BCUT2D eigenvalue weighted by atomic mass is 16.5. The first-order valence-corrected chi connectivity index (χ1v) is 11.0. The third-order valence-corrected chi connectivity index (χ3v) is 5.98. The Kier molecular flexibility index (Phi) is 6.63. The second kappa shape index (κ2) is 9.77. The van der Waals surface area contributed by atoms with Crippen LogP contribution in [0, 0.1) is 6.92 Å². The van der Waals surface area contributed by atoms with E-state index in [2.05, 4.69) is 17.4 Å². The minimum Gasteiger partial charge on any atom is -0.494 e. The second-order valence-electron chi connectivity index (χ2n) is 8.09. The number of nitrogens with one attached hydrogen (secondary N) is 1. The number of hydrogen-bond donors (Lipinski definition) is 2. The number of benzene rings is 3. The fourth-order valence-corrected chi connectivity index (χ4v) is 4.36. The summed E-state index contributed by atoms with van der Waals surface area (Å²) in [7, 11) is 0. The third kappa shape index (κ3) is 4.85. The molecular weight excluding hydrogens is 418 g/mol. The zero-order chi connectivity index (χ0) is 23.4. The molecule has 4 rings (SSSR count). The predicted octanol–water partition coefficient (Wildman–Crippen LogP) is 4.93. The molecule has 0 heterocycles. The molecule has 3 aromatic rings. The standard InChI is InChI=1S/C27H27NO5/c1-3-32-19-13-12-18(17(2)14-19)15-25(26(29)30)28-27(31)33-16-24-22-10-6-4-8-20(22)21-9-5-7-11-23(21)24/h4-14,24-25H,3,15-16H2,1-2H3,(H,28,31)(H,29,30). The van der Waals surface area contributed by atoms with Gasteiger partial charge in [0.25, 0.3) is 0 Å². The van der Waals surface area contributed by atoms with Crippen molar-refractivity contribution >= 4 is 12.1 Å². The minimum atomic E-state index is -1.11. The van der Waals surface area contributed by atoms with Gasteiger partial charge in [0.05, 0.1) is 6.61 Å². The van der Waals surface area contributed by atoms with Gasteiger partial charge in [-0.25, -0.2) is 9.59 Å². The summed E-state index contributed by atoms with van der Waals surface area (Å²) in [5.74, 6) is -0.466. The van der Waals surface area contributed by atoms with Gasteiger partial charge in [-0.2, -0.15) is 0 Å². The van der Waals surface area contributed by atoms with Crippen LogP contribution in [0.2, 0.25) is 0 Å². The molecule has 170 valence electrons. The second-order valence-corrected chi connectivity index (χ2v) is 8.09. The number of amides is 1. The van der Waals surface area contributed by atoms with Crippen molar-refractivity contribution in [3.63, 3.8) is 0 Å². The molecule has 6 nitrogen and oxygen atoms in total. The van der Waals surface area contributed by atoms with Crippen molar-refractivity contribution in [3.8, 4) is 16.9 Å². The fourth-order valence-electron chi connectivity index (χ4n) is 4.36. The maximum atomic E-state index is 12.5. The zero-order valence-electron chi connectivity index (χ0n) is 18.7. The summed E-state index contributed by atoms with van der Waals surface area (Å²) < 4.78 is 11.0. The van der Waals surface area contributed by atoms with Crippen molar-refractivity contribution in [3.05, 3.63) is 89.0 Å². The molecule has 1 atom stereocenters. The van der Waals surface area contributed by atoms with E-state index in [0.29, 0.717) is 6.61 Å². The zero-order valence-corrected chi connectivity index (χ0v) is 18.7. The third-order valence-electron chi connectivity index (χ3n) is 5.98. The number of aliphatic carboxylic acids is 1. The summed E-state index contributed by atoms with van der Waals surface area (Å²) in [4.78, 5) is 24.3. The van der Waals surface area contributed by atoms with E-state index in [1.807, 2.05) is 62.4 Å². The number of carboxylic acid groups (broad SMARTS) is 1. The van der Waals surface area contributed by atoms with Crippen LogP contribution in [0.25, 0.3) is 11.1 Å². The predicted molar refractivity (Wildman–Crippen MR) is 126 cm³/mol. The summed E-state index contributed by atoms with van der Waals surface area (Å²) in [6.07, 6.45) is -0.592. The number of ether oxygens (including phenoxy) is 2. The summed E-state index contributed by atoms with van der Waals surface area (Å²) in [6.45, 7) is 4.49. The largest absolute Gasteiger partial charge is 0.494 e. The molecule has 0 bridgehead atoms. The van der Waals surface area contributed by atoms with E-state index < -0.39 is 18.1 Å². The number of rotatable bonds is 8. The highest BCUT2D eigenvalue weighted by molar-refractivity contribution is 5.81. The smallest absolute Gasteiger partial charge is 0.407 e. The molecule has 2 N–H and O–H groups in total. The quantitative estimate of drug-likeness (QED) is 0.514. The maximum absolute atomic E-state index is 12.5. The first-order valence-electron chi connectivity index (χ1n) is 11.0. The lowest BCUT2D eigenvalue weighted by Crippen LogP contribution is -2.43. The molecule has 0 aromatic heterocycles. The lowest BCUT2D eigenvalue weighted by Gasteiger charge is -2.18. The van der Waals surface area contributed by atoms with Gasteiger partial charge in [0, 0.05) is 12.3 Å². The normalized spacial score (nSPS) is 13.0. The number of fused-ring (bicyclic) bond motifs is 3. The molecule has 6 heteroatoms. The van der Waals surface area contributed by atoms with Crippen molar-refractivity contribution < 1.29 is 24.2 Å². The van der Waals surface area contributed by atoms with Gasteiger partial charge in [0.1, 0.15) is 18.4 Å². The van der Waals surface area contributed by atoms with Crippen molar-refractivity contribution in [2.75, 3.05) is 13.2 Å². The molecule has 0 aliphatic heterocycles. The lowest BCUT2D eigenvalue weighted by molar-refractivity contribution is -0.139. The minimum absolute atomic E-state index is 0.0835. The Morgan fingerprint density at radius 3 is 2.21 bits per heavy atom. The van der Waals surface area contributed by atoms with Crippen LogP contribution in [-0.4, -0.2) is 36.4 Å². The fraction of sp³-hybridized carbons (Fsp3) is 0.259. The molecule has 33 heavy (non-hydrogen) atoms. The van der Waals surface area contributed by atoms with Gasteiger partial charge >= 0.3 is 12.1 Å². The van der Waals surface area contributed by atoms with Gasteiger partial charge in [0.2, 0.25) is 0 Å². The summed E-state index contributed by atoms with van der Waals surface area (Å²) in [5, 5.41) is 12.2. The van der Waals surface area contributed by atoms with E-state index in [1.165, 1.54) is 0 Å². The molecule has 3 aromatic carbocycles. The maximum Gasteiger partial charge on any atom is 0.407 e. The Hall–Kier alpha value is -3.80. The molecule has 1 aliphatic rings. The number of carbonyl (C=O) groups excluding carboxylic acids is 1. The highest BCUT2D eigenvalue weighted by Crippen LogP contribution is 2.44. The van der Waals surface area contributed by atoms with Crippen LogP contribution < -0.4 is 10.1 Å². The van der Waals surface area contributed by atoms with Gasteiger partial charge in [0.15, 0.2) is 0 Å². The highest BCUT2D eigenvalue weighted by Gasteiger charge is 2.30. The van der Waals surface area contributed by atoms with E-state index in [0.717, 1.165) is 39.1 Å². The Balaban J connectivity index is 1.42. The number of alkyl carbamates (subject to hydrolysis) is 1. The molecule has 1 aliphatic carbocycles. The molecule has 0 radical (unpaired) electrons. The Bertz CT molecular complexity index is 1130. The Morgan fingerprint density at radius 1 is 1.00 bits per heavy atom. The van der Waals surface area contributed by atoms with Crippen LogP contribution in [0.5, 0.6) is 5.75 Å². The Morgan fingerprint density at radius 2 is 1.64 bits per heavy atom. The molecule has 1 amide bonds. The van der Waals surface area contributed by atoms with Crippen molar-refractivity contribution in [2.24, 2.45) is 0 Å². The summed E-state index contributed by atoms with van der Waals surface area (Å²) in [5.41, 5.74) is 6.21. The number of aryl methyl sites for hydroxylation is 1. The van der Waals surface area contributed by atoms with Crippen LogP contribution in [-0.2, 0) is 16.0 Å². The summed E-state index contributed by atoms with van der Waals surface area (Å²) >= 11 is 0. The molecule has 0 spiro atoms. The van der Waals surface area contributed by atoms with Crippen LogP contribution in [0.15, 0.2) is 66.7 Å². The molecule has 0 fully saturated rings. The van der Waals surface area contributed by atoms with Gasteiger partial charge in [-0.3, -0.25) is 0 Å². The molecule has 1 unspecified atom stereocenters. The molecule has 0 saturated heterocycles. The van der Waals surface area contributed by atoms with Crippen molar-refractivity contribution in [1.82, 2.24) is 5.32 Å². The van der Waals surface area contributed by atoms with Gasteiger partial charge in [-0.15, -0.1) is 0 Å². The van der Waals surface area contributed by atoms with Crippen LogP contribution in [0.3, 0.4) is 0 Å². The van der Waals surface area contributed by atoms with E-state index in [4.69, 9.17) is 9.47 Å². The van der Waals surface area contributed by atoms with Crippen LogP contribution >= 0.6 is 0 Å². The number of hydrogen-bond acceptors (Lipinski definition) is 4. The van der Waals surface area contributed by atoms with E-state index in [9.17, 15) is 14.7 Å². The SMILES string of the molecule is CCOc1ccc(CC(NC(=O)OCC2c3ccccc3-c3ccccc32)C(=O)O)c(C)c1. The van der Waals surface area contributed by atoms with E-state index in [1.54, 1.807) is 6.07 Å². The lowest BCUT2D eigenvalue weighted by atomic mass is 9.98. The molecule has 0 saturated carbocycles. The average molecular weight is 446 g/mol.